The van der Waals surface area contributed by atoms with Gasteiger partial charge < -0.3 is 15.0 Å². The number of methoxy groups -OCH3 is 1. The van der Waals surface area contributed by atoms with Gasteiger partial charge in [-0.2, -0.15) is 0 Å². The summed E-state index contributed by atoms with van der Waals surface area (Å²) < 4.78 is 5.34. The standard InChI is InChI=1S/C15H25N3O/c1-11(2)18-6-5-13(10-18)8-17-14-7-12(3)16-9-15(14)19-4/h7,9,11,13H,5-6,8,10H2,1-4H3,(H,16,17). The highest BCUT2D eigenvalue weighted by Gasteiger charge is 2.24. The summed E-state index contributed by atoms with van der Waals surface area (Å²) in [5.41, 5.74) is 2.07. The molecule has 106 valence electrons. The smallest absolute Gasteiger partial charge is 0.160 e. The number of hydrogen-bond donors (Lipinski definition) is 1. The van der Waals surface area contributed by atoms with Crippen molar-refractivity contribution in [3.63, 3.8) is 0 Å². The van der Waals surface area contributed by atoms with E-state index in [-0.39, 0.29) is 0 Å². The minimum atomic E-state index is 0.655. The normalized spacial score (nSPS) is 19.9. The van der Waals surface area contributed by atoms with Crippen molar-refractivity contribution in [1.29, 1.82) is 0 Å². The van der Waals surface area contributed by atoms with Crippen molar-refractivity contribution in [1.82, 2.24) is 9.88 Å². The first-order valence-electron chi connectivity index (χ1n) is 7.08. The summed E-state index contributed by atoms with van der Waals surface area (Å²) in [5.74, 6) is 1.55. The molecule has 1 aliphatic heterocycles. The minimum absolute atomic E-state index is 0.655. The van der Waals surface area contributed by atoms with Crippen molar-refractivity contribution in [2.45, 2.75) is 33.2 Å². The van der Waals surface area contributed by atoms with Crippen molar-refractivity contribution < 1.29 is 4.74 Å². The Morgan fingerprint density at radius 1 is 1.53 bits per heavy atom. The Kier molecular flexibility index (Phi) is 4.64. The first-order valence-corrected chi connectivity index (χ1v) is 7.08. The number of aromatic nitrogens is 1. The third-order valence-electron chi connectivity index (χ3n) is 3.85. The molecule has 4 heteroatoms. The molecular formula is C15H25N3O. The van der Waals surface area contributed by atoms with Gasteiger partial charge >= 0.3 is 0 Å². The SMILES string of the molecule is COc1cnc(C)cc1NCC1CCN(C(C)C)C1. The molecule has 1 unspecified atom stereocenters. The van der Waals surface area contributed by atoms with E-state index in [1.165, 1.54) is 19.5 Å². The van der Waals surface area contributed by atoms with E-state index in [1.54, 1.807) is 13.3 Å². The van der Waals surface area contributed by atoms with E-state index >= 15 is 0 Å². The third kappa shape index (κ3) is 3.60. The van der Waals surface area contributed by atoms with Crippen LogP contribution in [0.5, 0.6) is 5.75 Å². The van der Waals surface area contributed by atoms with Gasteiger partial charge in [-0.05, 0) is 45.7 Å². The monoisotopic (exact) mass is 263 g/mol. The largest absolute Gasteiger partial charge is 0.493 e. The minimum Gasteiger partial charge on any atom is -0.493 e. The molecule has 0 bridgehead atoms. The van der Waals surface area contributed by atoms with Crippen molar-refractivity contribution in [3.05, 3.63) is 18.0 Å². The first-order chi connectivity index (χ1) is 9.10. The molecule has 1 fully saturated rings. The zero-order valence-corrected chi connectivity index (χ0v) is 12.4. The molecule has 4 nitrogen and oxygen atoms in total. The molecule has 0 radical (unpaired) electrons. The number of pyridine rings is 1. The Hall–Kier alpha value is -1.29. The van der Waals surface area contributed by atoms with Gasteiger partial charge in [-0.15, -0.1) is 0 Å². The van der Waals surface area contributed by atoms with Crippen LogP contribution in [-0.4, -0.2) is 42.7 Å². The van der Waals surface area contributed by atoms with Gasteiger partial charge in [0.15, 0.2) is 5.75 Å². The van der Waals surface area contributed by atoms with E-state index in [1.807, 2.05) is 13.0 Å². The molecule has 0 saturated carbocycles. The fourth-order valence-corrected chi connectivity index (χ4v) is 2.60. The number of ether oxygens (including phenoxy) is 1. The van der Waals surface area contributed by atoms with E-state index in [0.717, 1.165) is 29.6 Å². The molecule has 1 aromatic rings. The molecule has 0 amide bonds. The van der Waals surface area contributed by atoms with E-state index in [2.05, 4.69) is 29.0 Å². The summed E-state index contributed by atoms with van der Waals surface area (Å²) in [5, 5.41) is 3.51. The van der Waals surface area contributed by atoms with Gasteiger partial charge in [-0.25, -0.2) is 0 Å². The Bertz CT molecular complexity index is 420. The maximum Gasteiger partial charge on any atom is 0.160 e. The van der Waals surface area contributed by atoms with Crippen LogP contribution in [0.1, 0.15) is 26.0 Å². The van der Waals surface area contributed by atoms with Crippen LogP contribution in [0, 0.1) is 12.8 Å². The number of hydrogen-bond acceptors (Lipinski definition) is 4. The summed E-state index contributed by atoms with van der Waals surface area (Å²) in [6, 6.07) is 2.70. The first kappa shape index (κ1) is 14.1. The molecule has 19 heavy (non-hydrogen) atoms. The zero-order chi connectivity index (χ0) is 13.8. The van der Waals surface area contributed by atoms with Crippen molar-refractivity contribution >= 4 is 5.69 Å². The number of likely N-dealkylation sites (tertiary alicyclic amines) is 1. The topological polar surface area (TPSA) is 37.4 Å². The summed E-state index contributed by atoms with van der Waals surface area (Å²) >= 11 is 0. The molecule has 2 rings (SSSR count). The second-order valence-corrected chi connectivity index (χ2v) is 5.65. The lowest BCUT2D eigenvalue weighted by Gasteiger charge is -2.20. The molecule has 1 N–H and O–H groups in total. The number of nitrogens with zero attached hydrogens (tertiary/aromatic N) is 2. The lowest BCUT2D eigenvalue weighted by atomic mass is 10.1. The van der Waals surface area contributed by atoms with Crippen LogP contribution in [0.2, 0.25) is 0 Å². The average Bonchev–Trinajstić information content (AvgIpc) is 2.85. The molecule has 1 aliphatic rings. The zero-order valence-electron chi connectivity index (χ0n) is 12.4. The van der Waals surface area contributed by atoms with Crippen LogP contribution >= 0.6 is 0 Å². The Morgan fingerprint density at radius 3 is 2.95 bits per heavy atom. The second-order valence-electron chi connectivity index (χ2n) is 5.65. The molecule has 1 atom stereocenters. The van der Waals surface area contributed by atoms with Crippen molar-refractivity contribution in [3.8, 4) is 5.75 Å². The molecule has 1 saturated heterocycles. The van der Waals surface area contributed by atoms with Crippen LogP contribution in [0.3, 0.4) is 0 Å². The van der Waals surface area contributed by atoms with Crippen LogP contribution in [0.4, 0.5) is 5.69 Å². The molecular weight excluding hydrogens is 238 g/mol. The number of nitrogens with one attached hydrogen (secondary N) is 1. The van der Waals surface area contributed by atoms with Gasteiger partial charge in [-0.1, -0.05) is 0 Å². The number of rotatable bonds is 5. The van der Waals surface area contributed by atoms with Gasteiger partial charge in [0.2, 0.25) is 0 Å². The quantitative estimate of drug-likeness (QED) is 0.886. The van der Waals surface area contributed by atoms with Gasteiger partial charge in [0.1, 0.15) is 0 Å². The highest BCUT2D eigenvalue weighted by atomic mass is 16.5. The predicted octanol–water partition coefficient (Wildman–Crippen LogP) is 2.54. The third-order valence-corrected chi connectivity index (χ3v) is 3.85. The van der Waals surface area contributed by atoms with Gasteiger partial charge in [0.25, 0.3) is 0 Å². The predicted molar refractivity (Wildman–Crippen MR) is 78.8 cm³/mol. The molecule has 0 aliphatic carbocycles. The summed E-state index contributed by atoms with van der Waals surface area (Å²) in [4.78, 5) is 6.80. The summed E-state index contributed by atoms with van der Waals surface area (Å²) in [7, 11) is 1.69. The van der Waals surface area contributed by atoms with Gasteiger partial charge in [0.05, 0.1) is 19.0 Å². The lowest BCUT2D eigenvalue weighted by Crippen LogP contribution is -2.29. The Balaban J connectivity index is 1.91. The fourth-order valence-electron chi connectivity index (χ4n) is 2.60. The van der Waals surface area contributed by atoms with Crippen LogP contribution < -0.4 is 10.1 Å². The van der Waals surface area contributed by atoms with Crippen LogP contribution in [0.25, 0.3) is 0 Å². The Labute approximate surface area is 116 Å². The maximum absolute atomic E-state index is 5.34. The van der Waals surface area contributed by atoms with Crippen molar-refractivity contribution in [2.75, 3.05) is 32.1 Å². The molecule has 0 spiro atoms. The average molecular weight is 263 g/mol. The van der Waals surface area contributed by atoms with E-state index in [4.69, 9.17) is 4.74 Å². The van der Waals surface area contributed by atoms with E-state index in [0.29, 0.717) is 6.04 Å². The van der Waals surface area contributed by atoms with Crippen molar-refractivity contribution in [2.24, 2.45) is 5.92 Å². The molecule has 2 heterocycles. The van der Waals surface area contributed by atoms with Crippen LogP contribution in [-0.2, 0) is 0 Å². The molecule has 1 aromatic heterocycles. The summed E-state index contributed by atoms with van der Waals surface area (Å²) in [6.45, 7) is 9.95. The summed E-state index contributed by atoms with van der Waals surface area (Å²) in [6.07, 6.45) is 3.06. The highest BCUT2D eigenvalue weighted by Crippen LogP contribution is 2.25. The van der Waals surface area contributed by atoms with E-state index in [9.17, 15) is 0 Å². The highest BCUT2D eigenvalue weighted by molar-refractivity contribution is 5.55. The number of aryl methyl sites for hydroxylation is 1. The molecule has 0 aromatic carbocycles. The van der Waals surface area contributed by atoms with Crippen LogP contribution in [0.15, 0.2) is 12.3 Å². The number of anilines is 1. The second kappa shape index (κ2) is 6.24. The van der Waals surface area contributed by atoms with E-state index < -0.39 is 0 Å². The Morgan fingerprint density at radius 2 is 2.32 bits per heavy atom. The maximum atomic E-state index is 5.34. The lowest BCUT2D eigenvalue weighted by molar-refractivity contribution is 0.266. The fraction of sp³-hybridized carbons (Fsp3) is 0.667. The van der Waals surface area contributed by atoms with Gasteiger partial charge in [-0.3, -0.25) is 4.98 Å². The van der Waals surface area contributed by atoms with Gasteiger partial charge in [0, 0.05) is 24.8 Å².